The van der Waals surface area contributed by atoms with Gasteiger partial charge < -0.3 is 5.32 Å². The van der Waals surface area contributed by atoms with Gasteiger partial charge in [0.2, 0.25) is 5.91 Å². The van der Waals surface area contributed by atoms with Gasteiger partial charge in [0.15, 0.2) is 5.82 Å². The van der Waals surface area contributed by atoms with Crippen LogP contribution in [-0.2, 0) is 4.79 Å². The summed E-state index contributed by atoms with van der Waals surface area (Å²) in [4.78, 5) is 23.3. The van der Waals surface area contributed by atoms with Gasteiger partial charge in [0, 0.05) is 0 Å². The normalized spacial score (nSPS) is 19.1. The largest absolute Gasteiger partial charge is 0.309 e. The molecule has 0 radical (unpaired) electrons. The zero-order valence-corrected chi connectivity index (χ0v) is 9.25. The molecule has 0 atom stereocenters. The Morgan fingerprint density at radius 1 is 1.50 bits per heavy atom. The Kier molecular flexibility index (Phi) is 1.79. The fourth-order valence-electron chi connectivity index (χ4n) is 1.22. The highest BCUT2D eigenvalue weighted by Gasteiger charge is 2.43. The molecule has 0 saturated heterocycles. The number of nitrogens with zero attached hydrogens (tertiary/aromatic N) is 2. The lowest BCUT2D eigenvalue weighted by Crippen LogP contribution is -2.46. The molecular formula is C8H8BrN3O2. The SMILES string of the molecule is CC1(C)C(=O)Nc2c(Br)cnn2C1=O. The van der Waals surface area contributed by atoms with E-state index in [1.165, 1.54) is 10.9 Å². The van der Waals surface area contributed by atoms with Crippen LogP contribution in [0.1, 0.15) is 18.6 Å². The number of halogens is 1. The molecule has 1 aliphatic heterocycles. The highest BCUT2D eigenvalue weighted by atomic mass is 79.9. The van der Waals surface area contributed by atoms with Crippen molar-refractivity contribution in [2.45, 2.75) is 13.8 Å². The minimum absolute atomic E-state index is 0.309. The van der Waals surface area contributed by atoms with Crippen molar-refractivity contribution in [3.8, 4) is 0 Å². The highest BCUT2D eigenvalue weighted by Crippen LogP contribution is 2.31. The van der Waals surface area contributed by atoms with E-state index < -0.39 is 5.41 Å². The molecule has 6 heteroatoms. The van der Waals surface area contributed by atoms with Crippen molar-refractivity contribution >= 4 is 33.6 Å². The third kappa shape index (κ3) is 1.03. The van der Waals surface area contributed by atoms with E-state index in [4.69, 9.17) is 0 Å². The predicted molar refractivity (Wildman–Crippen MR) is 53.0 cm³/mol. The number of fused-ring (bicyclic) bond motifs is 1. The fourth-order valence-corrected chi connectivity index (χ4v) is 1.58. The van der Waals surface area contributed by atoms with Gasteiger partial charge >= 0.3 is 0 Å². The van der Waals surface area contributed by atoms with E-state index in [1.807, 2.05) is 0 Å². The molecule has 2 rings (SSSR count). The lowest BCUT2D eigenvalue weighted by Gasteiger charge is -2.27. The predicted octanol–water partition coefficient (Wildman–Crippen LogP) is 1.26. The number of hydrogen-bond acceptors (Lipinski definition) is 3. The van der Waals surface area contributed by atoms with E-state index in [-0.39, 0.29) is 11.8 Å². The summed E-state index contributed by atoms with van der Waals surface area (Å²) >= 11 is 3.19. The van der Waals surface area contributed by atoms with Crippen LogP contribution in [0, 0.1) is 5.41 Å². The lowest BCUT2D eigenvalue weighted by molar-refractivity contribution is -0.122. The molecule has 0 spiro atoms. The van der Waals surface area contributed by atoms with Gasteiger partial charge in [0.1, 0.15) is 5.41 Å². The van der Waals surface area contributed by atoms with Crippen LogP contribution in [0.5, 0.6) is 0 Å². The Labute approximate surface area is 88.6 Å². The maximum absolute atomic E-state index is 11.8. The van der Waals surface area contributed by atoms with Gasteiger partial charge in [-0.15, -0.1) is 0 Å². The number of anilines is 1. The summed E-state index contributed by atoms with van der Waals surface area (Å²) < 4.78 is 1.81. The first-order valence-electron chi connectivity index (χ1n) is 4.04. The lowest BCUT2D eigenvalue weighted by atomic mass is 9.90. The Morgan fingerprint density at radius 3 is 2.79 bits per heavy atom. The first-order chi connectivity index (χ1) is 6.44. The monoisotopic (exact) mass is 257 g/mol. The third-order valence-corrected chi connectivity index (χ3v) is 2.83. The van der Waals surface area contributed by atoms with Crippen molar-refractivity contribution in [1.82, 2.24) is 9.78 Å². The Balaban J connectivity index is 2.62. The molecule has 0 unspecified atom stereocenters. The van der Waals surface area contributed by atoms with Gasteiger partial charge in [-0.3, -0.25) is 9.59 Å². The smallest absolute Gasteiger partial charge is 0.263 e. The third-order valence-electron chi connectivity index (χ3n) is 2.25. The van der Waals surface area contributed by atoms with Gasteiger partial charge in [-0.05, 0) is 29.8 Å². The number of rotatable bonds is 0. The van der Waals surface area contributed by atoms with Gasteiger partial charge in [-0.2, -0.15) is 9.78 Å². The molecule has 1 aliphatic rings. The number of amides is 1. The average molecular weight is 258 g/mol. The fraction of sp³-hybridized carbons (Fsp3) is 0.375. The van der Waals surface area contributed by atoms with Gasteiger partial charge in [0.25, 0.3) is 5.91 Å². The molecule has 2 heterocycles. The molecule has 0 bridgehead atoms. The summed E-state index contributed by atoms with van der Waals surface area (Å²) in [5, 5.41) is 6.50. The first-order valence-corrected chi connectivity index (χ1v) is 4.83. The minimum atomic E-state index is -1.06. The van der Waals surface area contributed by atoms with Crippen molar-refractivity contribution in [3.63, 3.8) is 0 Å². The van der Waals surface area contributed by atoms with Crippen LogP contribution in [0.15, 0.2) is 10.7 Å². The summed E-state index contributed by atoms with van der Waals surface area (Å²) in [7, 11) is 0. The second kappa shape index (κ2) is 2.66. The number of carbonyl (C=O) groups is 2. The zero-order valence-electron chi connectivity index (χ0n) is 7.67. The van der Waals surface area contributed by atoms with Crippen molar-refractivity contribution in [3.05, 3.63) is 10.7 Å². The quantitative estimate of drug-likeness (QED) is 0.712. The Hall–Kier alpha value is -1.17. The molecule has 0 aliphatic carbocycles. The number of carbonyl (C=O) groups excluding carboxylic acids is 2. The molecule has 0 saturated carbocycles. The molecule has 1 aromatic heterocycles. The number of nitrogens with one attached hydrogen (secondary N) is 1. The molecule has 5 nitrogen and oxygen atoms in total. The summed E-state index contributed by atoms with van der Waals surface area (Å²) in [5.74, 6) is -0.225. The standard InChI is InChI=1S/C8H8BrN3O2/c1-8(2)6(13)11-5-4(9)3-10-12(5)7(8)14/h3H,1-2H3,(H,11,13). The Morgan fingerprint density at radius 2 is 2.14 bits per heavy atom. The number of aromatic nitrogens is 2. The molecular weight excluding hydrogens is 250 g/mol. The van der Waals surface area contributed by atoms with E-state index in [0.717, 1.165) is 0 Å². The number of hydrogen-bond donors (Lipinski definition) is 1. The van der Waals surface area contributed by atoms with Crippen LogP contribution >= 0.6 is 15.9 Å². The molecule has 1 N–H and O–H groups in total. The second-order valence-electron chi connectivity index (χ2n) is 3.64. The summed E-state index contributed by atoms with van der Waals surface area (Å²) in [5.41, 5.74) is -1.06. The summed E-state index contributed by atoms with van der Waals surface area (Å²) in [6.07, 6.45) is 1.48. The maximum atomic E-state index is 11.8. The zero-order chi connectivity index (χ0) is 10.5. The topological polar surface area (TPSA) is 64.0 Å². The van der Waals surface area contributed by atoms with Crippen molar-refractivity contribution in [2.24, 2.45) is 5.41 Å². The van der Waals surface area contributed by atoms with Crippen LogP contribution in [0.25, 0.3) is 0 Å². The van der Waals surface area contributed by atoms with Gasteiger partial charge in [0.05, 0.1) is 10.7 Å². The van der Waals surface area contributed by atoms with E-state index in [1.54, 1.807) is 13.8 Å². The van der Waals surface area contributed by atoms with Gasteiger partial charge in [-0.1, -0.05) is 0 Å². The van der Waals surface area contributed by atoms with Crippen LogP contribution in [-0.4, -0.2) is 21.6 Å². The Bertz CT molecular complexity index is 436. The van der Waals surface area contributed by atoms with Crippen LogP contribution in [0.4, 0.5) is 5.82 Å². The van der Waals surface area contributed by atoms with Crippen LogP contribution in [0.3, 0.4) is 0 Å². The van der Waals surface area contributed by atoms with Crippen LogP contribution < -0.4 is 5.32 Å². The van der Waals surface area contributed by atoms with Crippen LogP contribution in [0.2, 0.25) is 0 Å². The average Bonchev–Trinajstić information content (AvgIpc) is 2.45. The van der Waals surface area contributed by atoms with E-state index >= 15 is 0 Å². The molecule has 1 aromatic rings. The first kappa shape index (κ1) is 9.39. The molecule has 0 aromatic carbocycles. The van der Waals surface area contributed by atoms with E-state index in [9.17, 15) is 9.59 Å². The second-order valence-corrected chi connectivity index (χ2v) is 4.49. The van der Waals surface area contributed by atoms with Gasteiger partial charge in [-0.25, -0.2) is 0 Å². The molecule has 14 heavy (non-hydrogen) atoms. The highest BCUT2D eigenvalue weighted by molar-refractivity contribution is 9.10. The van der Waals surface area contributed by atoms with E-state index in [2.05, 4.69) is 26.3 Å². The molecule has 1 amide bonds. The van der Waals surface area contributed by atoms with Crippen molar-refractivity contribution in [2.75, 3.05) is 5.32 Å². The summed E-state index contributed by atoms with van der Waals surface area (Å²) in [6, 6.07) is 0. The molecule has 74 valence electrons. The molecule has 0 fully saturated rings. The van der Waals surface area contributed by atoms with Crippen molar-refractivity contribution < 1.29 is 9.59 Å². The summed E-state index contributed by atoms with van der Waals surface area (Å²) in [6.45, 7) is 3.15. The van der Waals surface area contributed by atoms with E-state index in [0.29, 0.717) is 10.3 Å². The maximum Gasteiger partial charge on any atom is 0.263 e. The van der Waals surface area contributed by atoms with Crippen molar-refractivity contribution in [1.29, 1.82) is 0 Å². The minimum Gasteiger partial charge on any atom is -0.309 e.